The highest BCUT2D eigenvalue weighted by molar-refractivity contribution is 5.87. The summed E-state index contributed by atoms with van der Waals surface area (Å²) < 4.78 is 15.8. The minimum absolute atomic E-state index is 0.106. The van der Waals surface area contributed by atoms with E-state index in [-0.39, 0.29) is 17.6 Å². The predicted molar refractivity (Wildman–Crippen MR) is 161 cm³/mol. The lowest BCUT2D eigenvalue weighted by molar-refractivity contribution is -0.132. The molecule has 5 aromatic rings. The average Bonchev–Trinajstić information content (AvgIpc) is 3.34. The summed E-state index contributed by atoms with van der Waals surface area (Å²) in [7, 11) is 4.07. The molecule has 0 aliphatic heterocycles. The highest BCUT2D eigenvalue weighted by Crippen LogP contribution is 2.35. The van der Waals surface area contributed by atoms with Gasteiger partial charge in [0.25, 0.3) is 0 Å². The van der Waals surface area contributed by atoms with Crippen molar-refractivity contribution in [2.45, 2.75) is 25.4 Å². The normalized spacial score (nSPS) is 12.1. The summed E-state index contributed by atoms with van der Waals surface area (Å²) in [6.07, 6.45) is 2.55. The van der Waals surface area contributed by atoms with Crippen molar-refractivity contribution in [2.24, 2.45) is 0 Å². The molecule has 1 heterocycles. The zero-order valence-corrected chi connectivity index (χ0v) is 23.2. The maximum absolute atomic E-state index is 14.0. The van der Waals surface area contributed by atoms with Crippen molar-refractivity contribution >= 4 is 16.8 Å². The molecule has 0 saturated heterocycles. The maximum Gasteiger partial charge on any atom is 0.223 e. The number of para-hydroxylation sites is 1. The van der Waals surface area contributed by atoms with Crippen LogP contribution in [0.4, 0.5) is 4.39 Å². The van der Waals surface area contributed by atoms with E-state index in [0.717, 1.165) is 39.7 Å². The number of rotatable bonds is 11. The molecule has 0 aliphatic carbocycles. The van der Waals surface area contributed by atoms with Gasteiger partial charge in [-0.3, -0.25) is 4.79 Å². The molecule has 0 N–H and O–H groups in total. The van der Waals surface area contributed by atoms with E-state index in [1.54, 1.807) is 0 Å². The molecule has 1 amide bonds. The van der Waals surface area contributed by atoms with Crippen LogP contribution in [0.3, 0.4) is 0 Å². The second-order valence-corrected chi connectivity index (χ2v) is 10.6. The van der Waals surface area contributed by atoms with Crippen molar-refractivity contribution < 1.29 is 9.18 Å². The Hall–Kier alpha value is -4.22. The van der Waals surface area contributed by atoms with E-state index in [1.165, 1.54) is 12.1 Å². The van der Waals surface area contributed by atoms with Crippen LogP contribution < -0.4 is 0 Å². The van der Waals surface area contributed by atoms with Crippen LogP contribution in [0.2, 0.25) is 0 Å². The summed E-state index contributed by atoms with van der Waals surface area (Å²) in [6, 6.07) is 35.5. The lowest BCUT2D eigenvalue weighted by Crippen LogP contribution is -2.37. The molecule has 1 aromatic heterocycles. The number of carbonyl (C=O) groups excluding carboxylic acids is 1. The first-order valence-corrected chi connectivity index (χ1v) is 13.8. The summed E-state index contributed by atoms with van der Waals surface area (Å²) in [5.74, 6) is -0.209. The first-order valence-electron chi connectivity index (χ1n) is 13.8. The number of carbonyl (C=O) groups is 1. The number of fused-ring (bicyclic) bond motifs is 1. The Morgan fingerprint density at radius 3 is 2.12 bits per heavy atom. The maximum atomic E-state index is 14.0. The molecule has 5 heteroatoms. The van der Waals surface area contributed by atoms with Gasteiger partial charge < -0.3 is 14.4 Å². The van der Waals surface area contributed by atoms with E-state index in [4.69, 9.17) is 0 Å². The van der Waals surface area contributed by atoms with Crippen molar-refractivity contribution in [3.63, 3.8) is 0 Å². The first-order chi connectivity index (χ1) is 19.5. The van der Waals surface area contributed by atoms with Crippen LogP contribution in [0.1, 0.15) is 34.6 Å². The molecule has 0 spiro atoms. The van der Waals surface area contributed by atoms with Gasteiger partial charge in [0, 0.05) is 55.6 Å². The smallest absolute Gasteiger partial charge is 0.223 e. The van der Waals surface area contributed by atoms with E-state index in [1.807, 2.05) is 73.6 Å². The fourth-order valence-corrected chi connectivity index (χ4v) is 5.28. The highest BCUT2D eigenvalue weighted by atomic mass is 19.1. The number of nitrogens with zero attached hydrogens (tertiary/aromatic N) is 3. The summed E-state index contributed by atoms with van der Waals surface area (Å²) >= 11 is 0. The van der Waals surface area contributed by atoms with Crippen LogP contribution in [-0.4, -0.2) is 47.5 Å². The Bertz CT molecular complexity index is 1530. The van der Waals surface area contributed by atoms with E-state index in [2.05, 4.69) is 58.1 Å². The average molecular weight is 534 g/mol. The van der Waals surface area contributed by atoms with Crippen LogP contribution >= 0.6 is 0 Å². The number of benzene rings is 4. The van der Waals surface area contributed by atoms with Crippen LogP contribution in [-0.2, 0) is 17.9 Å². The van der Waals surface area contributed by atoms with Gasteiger partial charge in [0.05, 0.1) is 0 Å². The van der Waals surface area contributed by atoms with Gasteiger partial charge in [0.1, 0.15) is 5.82 Å². The molecule has 0 aliphatic rings. The van der Waals surface area contributed by atoms with Crippen molar-refractivity contribution in [2.75, 3.05) is 27.2 Å². The molecule has 1 atom stereocenters. The van der Waals surface area contributed by atoms with Gasteiger partial charge in [-0.25, -0.2) is 4.39 Å². The second kappa shape index (κ2) is 12.8. The third kappa shape index (κ3) is 6.67. The van der Waals surface area contributed by atoms with E-state index < -0.39 is 0 Å². The fraction of sp³-hybridized carbons (Fsp3) is 0.229. The molecule has 4 nitrogen and oxygen atoms in total. The van der Waals surface area contributed by atoms with E-state index >= 15 is 0 Å². The number of halogens is 1. The van der Waals surface area contributed by atoms with Crippen LogP contribution in [0.15, 0.2) is 115 Å². The Morgan fingerprint density at radius 2 is 1.43 bits per heavy atom. The Morgan fingerprint density at radius 1 is 0.775 bits per heavy atom. The number of likely N-dealkylation sites (N-methyl/N-ethyl adjacent to an activating group) is 1. The highest BCUT2D eigenvalue weighted by Gasteiger charge is 2.25. The number of hydrogen-bond donors (Lipinski definition) is 0. The van der Waals surface area contributed by atoms with Crippen LogP contribution in [0.5, 0.6) is 0 Å². The molecule has 1 unspecified atom stereocenters. The van der Waals surface area contributed by atoms with Gasteiger partial charge >= 0.3 is 0 Å². The molecule has 204 valence electrons. The summed E-state index contributed by atoms with van der Waals surface area (Å²) in [4.78, 5) is 18.2. The topological polar surface area (TPSA) is 28.5 Å². The van der Waals surface area contributed by atoms with E-state index in [9.17, 15) is 9.18 Å². The van der Waals surface area contributed by atoms with Gasteiger partial charge in [-0.1, -0.05) is 91.0 Å². The molecule has 40 heavy (non-hydrogen) atoms. The minimum atomic E-state index is -0.237. The molecular weight excluding hydrogens is 497 g/mol. The molecule has 5 rings (SSSR count). The fourth-order valence-electron chi connectivity index (χ4n) is 5.28. The third-order valence-corrected chi connectivity index (χ3v) is 7.43. The van der Waals surface area contributed by atoms with Crippen molar-refractivity contribution in [3.05, 3.63) is 143 Å². The summed E-state index contributed by atoms with van der Waals surface area (Å²) in [5, 5.41) is 1.13. The van der Waals surface area contributed by atoms with Crippen molar-refractivity contribution in [1.82, 2.24) is 14.4 Å². The van der Waals surface area contributed by atoms with Gasteiger partial charge in [0.2, 0.25) is 5.91 Å². The van der Waals surface area contributed by atoms with Gasteiger partial charge in [-0.15, -0.1) is 0 Å². The lowest BCUT2D eigenvalue weighted by Gasteiger charge is -2.27. The van der Waals surface area contributed by atoms with Gasteiger partial charge in [-0.2, -0.15) is 0 Å². The zero-order chi connectivity index (χ0) is 27.9. The number of amides is 1. The molecule has 0 radical (unpaired) electrons. The molecule has 4 aromatic carbocycles. The third-order valence-electron chi connectivity index (χ3n) is 7.43. The molecule has 0 saturated carbocycles. The molecule has 0 bridgehead atoms. The Balaban J connectivity index is 1.51. The number of aromatic nitrogens is 1. The van der Waals surface area contributed by atoms with Gasteiger partial charge in [-0.05, 0) is 54.5 Å². The number of hydrogen-bond acceptors (Lipinski definition) is 2. The quantitative estimate of drug-likeness (QED) is 0.184. The largest absolute Gasteiger partial charge is 0.343 e. The predicted octanol–water partition coefficient (Wildman–Crippen LogP) is 6.94. The lowest BCUT2D eigenvalue weighted by atomic mass is 9.87. The molecular formula is C35H36FN3O. The summed E-state index contributed by atoms with van der Waals surface area (Å²) in [5.41, 5.74) is 5.50. The standard InChI is InChI=1S/C35H36FN3O/c1-37(2)21-22-38(24-27-11-5-3-6-12-27)35(40)23-32(29-13-7-4-8-14-29)33-26-39(34-16-10-9-15-31(33)34)25-28-17-19-30(36)20-18-28/h3-20,26,32H,21-25H2,1-2H3. The second-order valence-electron chi connectivity index (χ2n) is 10.6. The Kier molecular flexibility index (Phi) is 8.72. The zero-order valence-electron chi connectivity index (χ0n) is 23.2. The first kappa shape index (κ1) is 27.4. The van der Waals surface area contributed by atoms with Crippen LogP contribution in [0, 0.1) is 5.82 Å². The van der Waals surface area contributed by atoms with Crippen molar-refractivity contribution in [3.8, 4) is 0 Å². The minimum Gasteiger partial charge on any atom is -0.343 e. The van der Waals surface area contributed by atoms with Gasteiger partial charge in [0.15, 0.2) is 0 Å². The van der Waals surface area contributed by atoms with Crippen LogP contribution in [0.25, 0.3) is 10.9 Å². The van der Waals surface area contributed by atoms with E-state index in [0.29, 0.717) is 26.1 Å². The summed E-state index contributed by atoms with van der Waals surface area (Å²) in [6.45, 7) is 2.67. The van der Waals surface area contributed by atoms with Crippen molar-refractivity contribution in [1.29, 1.82) is 0 Å². The molecule has 0 fully saturated rings. The SMILES string of the molecule is CN(C)CCN(Cc1ccccc1)C(=O)CC(c1ccccc1)c1cn(Cc2ccc(F)cc2)c2ccccc12. The monoisotopic (exact) mass is 533 g/mol. The Labute approximate surface area is 236 Å².